The number of piperazine rings is 1. The quantitative estimate of drug-likeness (QED) is 0.676. The first-order chi connectivity index (χ1) is 10.6. The molecule has 0 bridgehead atoms. The van der Waals surface area contributed by atoms with Gasteiger partial charge in [0.1, 0.15) is 45.1 Å². The van der Waals surface area contributed by atoms with Gasteiger partial charge in [0.15, 0.2) is 0 Å². The average Bonchev–Trinajstić information content (AvgIpc) is 2.46. The molecule has 0 spiro atoms. The molecule has 2 rings (SSSR count). The molecule has 4 nitrogen and oxygen atoms in total. The molecule has 0 unspecified atom stereocenters. The van der Waals surface area contributed by atoms with Crippen LogP contribution in [0.2, 0.25) is 5.02 Å². The number of aryl methyl sites for hydroxylation is 2. The second-order valence-electron chi connectivity index (χ2n) is 6.29. The minimum absolute atomic E-state index is 0.589. The van der Waals surface area contributed by atoms with Crippen LogP contribution in [0.1, 0.15) is 11.1 Å². The average molecular weight is 329 g/mol. The molecule has 0 amide bonds. The molecule has 5 heteroatoms. The van der Waals surface area contributed by atoms with Crippen LogP contribution >= 0.6 is 11.6 Å². The molecule has 1 heterocycles. The smallest absolute Gasteiger partial charge is 0.127 e. The van der Waals surface area contributed by atoms with Gasteiger partial charge in [0.2, 0.25) is 0 Å². The predicted octanol–water partition coefficient (Wildman–Crippen LogP) is -0.235. The Kier molecular flexibility index (Phi) is 6.96. The number of hydrogen-bond acceptors (Lipinski definition) is 2. The highest BCUT2D eigenvalue weighted by atomic mass is 35.5. The Labute approximate surface area is 138 Å². The molecule has 1 fully saturated rings. The summed E-state index contributed by atoms with van der Waals surface area (Å²) in [5.74, 6) is 0.931. The number of nitrogens with one attached hydrogen (secondary N) is 2. The number of benzene rings is 1. The maximum absolute atomic E-state index is 6.02. The monoisotopic (exact) mass is 328 g/mol. The van der Waals surface area contributed by atoms with Gasteiger partial charge in [-0.05, 0) is 37.1 Å². The van der Waals surface area contributed by atoms with Crippen LogP contribution in [-0.4, -0.2) is 59.6 Å². The first-order valence-corrected chi connectivity index (χ1v) is 8.56. The Balaban J connectivity index is 1.60. The van der Waals surface area contributed by atoms with E-state index in [1.807, 2.05) is 26.0 Å². The van der Waals surface area contributed by atoms with Gasteiger partial charge >= 0.3 is 0 Å². The van der Waals surface area contributed by atoms with Crippen molar-refractivity contribution in [2.45, 2.75) is 13.8 Å². The normalized spacial score (nSPS) is 21.8. The minimum atomic E-state index is 0.589. The van der Waals surface area contributed by atoms with E-state index in [0.29, 0.717) is 13.2 Å². The van der Waals surface area contributed by atoms with Gasteiger partial charge in [0.05, 0.1) is 20.3 Å². The van der Waals surface area contributed by atoms with Crippen molar-refractivity contribution in [3.63, 3.8) is 0 Å². The summed E-state index contributed by atoms with van der Waals surface area (Å²) in [6.45, 7) is 12.3. The highest BCUT2D eigenvalue weighted by Gasteiger charge is 2.19. The highest BCUT2D eigenvalue weighted by molar-refractivity contribution is 6.30. The molecule has 1 aliphatic rings. The van der Waals surface area contributed by atoms with Gasteiger partial charge in [-0.2, -0.15) is 0 Å². The summed E-state index contributed by atoms with van der Waals surface area (Å²) in [6, 6.07) is 3.87. The van der Waals surface area contributed by atoms with Crippen LogP contribution in [0.4, 0.5) is 0 Å². The van der Waals surface area contributed by atoms with E-state index in [-0.39, 0.29) is 0 Å². The first-order valence-electron chi connectivity index (χ1n) is 8.18. The SMILES string of the molecule is Cc1cc(Cl)cc(C)c1OCCOCC[NH+]1CC[NH+](C)CC1. The lowest BCUT2D eigenvalue weighted by Crippen LogP contribution is -3.27. The molecule has 1 aromatic carbocycles. The van der Waals surface area contributed by atoms with Gasteiger partial charge in [-0.3, -0.25) is 0 Å². The largest absolute Gasteiger partial charge is 0.491 e. The number of quaternary nitrogens is 2. The van der Waals surface area contributed by atoms with E-state index < -0.39 is 0 Å². The zero-order valence-corrected chi connectivity index (χ0v) is 14.8. The van der Waals surface area contributed by atoms with Crippen LogP contribution in [0.25, 0.3) is 0 Å². The van der Waals surface area contributed by atoms with Gasteiger partial charge in [-0.25, -0.2) is 0 Å². The maximum atomic E-state index is 6.02. The molecule has 0 saturated carbocycles. The third-order valence-electron chi connectivity index (χ3n) is 4.31. The Morgan fingerprint density at radius 3 is 2.27 bits per heavy atom. The topological polar surface area (TPSA) is 27.3 Å². The summed E-state index contributed by atoms with van der Waals surface area (Å²) in [5.41, 5.74) is 2.16. The molecule has 22 heavy (non-hydrogen) atoms. The number of rotatable bonds is 7. The maximum Gasteiger partial charge on any atom is 0.127 e. The molecule has 2 N–H and O–H groups in total. The first kappa shape index (κ1) is 17.5. The van der Waals surface area contributed by atoms with Crippen LogP contribution in [0.3, 0.4) is 0 Å². The van der Waals surface area contributed by atoms with E-state index in [2.05, 4.69) is 7.05 Å². The fraction of sp³-hybridized carbons (Fsp3) is 0.647. The second-order valence-corrected chi connectivity index (χ2v) is 6.72. The van der Waals surface area contributed by atoms with Gasteiger partial charge in [-0.15, -0.1) is 0 Å². The zero-order valence-electron chi connectivity index (χ0n) is 14.0. The molecular formula is C17H29ClN2O2+2. The van der Waals surface area contributed by atoms with Crippen LogP contribution in [0, 0.1) is 13.8 Å². The predicted molar refractivity (Wildman–Crippen MR) is 89.4 cm³/mol. The Morgan fingerprint density at radius 2 is 1.64 bits per heavy atom. The highest BCUT2D eigenvalue weighted by Crippen LogP contribution is 2.26. The summed E-state index contributed by atoms with van der Waals surface area (Å²) in [7, 11) is 2.27. The molecule has 1 aliphatic heterocycles. The Morgan fingerprint density at radius 1 is 1.00 bits per heavy atom. The number of likely N-dealkylation sites (N-methyl/N-ethyl adjacent to an activating group) is 1. The minimum Gasteiger partial charge on any atom is -0.491 e. The molecule has 124 valence electrons. The summed E-state index contributed by atoms with van der Waals surface area (Å²) in [4.78, 5) is 3.31. The van der Waals surface area contributed by atoms with Crippen molar-refractivity contribution in [1.82, 2.24) is 0 Å². The molecule has 0 aliphatic carbocycles. The van der Waals surface area contributed by atoms with Crippen LogP contribution in [0.15, 0.2) is 12.1 Å². The molecule has 0 aromatic heterocycles. The van der Waals surface area contributed by atoms with E-state index in [0.717, 1.165) is 35.1 Å². The van der Waals surface area contributed by atoms with E-state index in [4.69, 9.17) is 21.1 Å². The van der Waals surface area contributed by atoms with Crippen LogP contribution < -0.4 is 14.5 Å². The lowest BCUT2D eigenvalue weighted by atomic mass is 10.1. The molecule has 1 aromatic rings. The van der Waals surface area contributed by atoms with Crippen molar-refractivity contribution in [1.29, 1.82) is 0 Å². The van der Waals surface area contributed by atoms with Crippen LogP contribution in [-0.2, 0) is 4.74 Å². The molecule has 0 radical (unpaired) electrons. The third-order valence-corrected chi connectivity index (χ3v) is 4.53. The Hall–Kier alpha value is -0.810. The van der Waals surface area contributed by atoms with E-state index >= 15 is 0 Å². The lowest BCUT2D eigenvalue weighted by Gasteiger charge is -2.27. The summed E-state index contributed by atoms with van der Waals surface area (Å²) in [6.07, 6.45) is 0. The lowest BCUT2D eigenvalue weighted by molar-refractivity contribution is -1.00. The number of halogens is 1. The number of hydrogen-bond donors (Lipinski definition) is 2. The Bertz CT molecular complexity index is 451. The van der Waals surface area contributed by atoms with Crippen molar-refractivity contribution in [3.8, 4) is 5.75 Å². The van der Waals surface area contributed by atoms with E-state index in [1.165, 1.54) is 26.2 Å². The number of ether oxygens (including phenoxy) is 2. The molecule has 0 atom stereocenters. The molecular weight excluding hydrogens is 300 g/mol. The second kappa shape index (κ2) is 8.73. The van der Waals surface area contributed by atoms with Crippen LogP contribution in [0.5, 0.6) is 5.75 Å². The summed E-state index contributed by atoms with van der Waals surface area (Å²) < 4.78 is 11.5. The van der Waals surface area contributed by atoms with E-state index in [1.54, 1.807) is 9.80 Å². The van der Waals surface area contributed by atoms with Gasteiger partial charge in [0, 0.05) is 5.02 Å². The molecule has 1 saturated heterocycles. The van der Waals surface area contributed by atoms with Crippen molar-refractivity contribution >= 4 is 11.6 Å². The standard InChI is InChI=1S/C17H27ClN2O2/c1-14-12-16(18)13-15(2)17(14)22-11-10-21-9-8-20-6-4-19(3)5-7-20/h12-13H,4-11H2,1-3H3/p+2. The van der Waals surface area contributed by atoms with Crippen molar-refractivity contribution in [3.05, 3.63) is 28.3 Å². The fourth-order valence-electron chi connectivity index (χ4n) is 2.93. The van der Waals surface area contributed by atoms with Gasteiger partial charge < -0.3 is 19.3 Å². The van der Waals surface area contributed by atoms with Crippen molar-refractivity contribution < 1.29 is 19.3 Å². The summed E-state index contributed by atoms with van der Waals surface area (Å²) in [5, 5.41) is 0.760. The van der Waals surface area contributed by atoms with Crippen molar-refractivity contribution in [2.24, 2.45) is 0 Å². The third kappa shape index (κ3) is 5.43. The summed E-state index contributed by atoms with van der Waals surface area (Å²) >= 11 is 6.02. The van der Waals surface area contributed by atoms with Gasteiger partial charge in [0.25, 0.3) is 0 Å². The van der Waals surface area contributed by atoms with Gasteiger partial charge in [-0.1, -0.05) is 11.6 Å². The fourth-order valence-corrected chi connectivity index (χ4v) is 3.25. The zero-order chi connectivity index (χ0) is 15.9. The van der Waals surface area contributed by atoms with E-state index in [9.17, 15) is 0 Å². The van der Waals surface area contributed by atoms with Crippen molar-refractivity contribution in [2.75, 3.05) is 59.6 Å².